The summed E-state index contributed by atoms with van der Waals surface area (Å²) >= 11 is 0. The van der Waals surface area contributed by atoms with Crippen molar-refractivity contribution in [3.8, 4) is 11.1 Å². The van der Waals surface area contributed by atoms with Crippen LogP contribution in [0.1, 0.15) is 69.1 Å². The monoisotopic (exact) mass is 530 g/mol. The minimum Gasteiger partial charge on any atom is -0.444 e. The normalized spacial score (nSPS) is 14.2. The Morgan fingerprint density at radius 2 is 1.69 bits per heavy atom. The molecule has 0 saturated carbocycles. The second kappa shape index (κ2) is 12.5. The molecule has 0 aliphatic carbocycles. The average Bonchev–Trinajstić information content (AvgIpc) is 2.89. The fourth-order valence-electron chi connectivity index (χ4n) is 5.07. The van der Waals surface area contributed by atoms with Gasteiger partial charge in [0.15, 0.2) is 0 Å². The number of rotatable bonds is 7. The molecule has 2 amide bonds. The van der Waals surface area contributed by atoms with Crippen LogP contribution in [0.2, 0.25) is 0 Å². The van der Waals surface area contributed by atoms with Crippen LogP contribution in [-0.2, 0) is 16.0 Å². The Hall–Kier alpha value is -3.67. The lowest BCUT2D eigenvalue weighted by Gasteiger charge is -2.34. The van der Waals surface area contributed by atoms with E-state index < -0.39 is 5.60 Å². The van der Waals surface area contributed by atoms with E-state index in [4.69, 9.17) is 4.74 Å². The summed E-state index contributed by atoms with van der Waals surface area (Å²) in [5.74, 6) is 0.101. The molecule has 0 radical (unpaired) electrons. The highest BCUT2D eigenvalue weighted by Crippen LogP contribution is 2.32. The smallest absolute Gasteiger partial charge is 0.410 e. The van der Waals surface area contributed by atoms with Gasteiger partial charge in [0.2, 0.25) is 5.91 Å². The molecule has 3 aromatic carbocycles. The fraction of sp³-hybridized carbons (Fsp3) is 0.394. The molecule has 39 heavy (non-hydrogen) atoms. The first-order valence-electron chi connectivity index (χ1n) is 13.8. The molecular formula is C33H39FN2O3. The molecule has 1 N–H and O–H groups in total. The van der Waals surface area contributed by atoms with Crippen molar-refractivity contribution in [2.45, 2.75) is 71.3 Å². The number of benzene rings is 3. The lowest BCUT2D eigenvalue weighted by atomic mass is 9.86. The molecule has 1 fully saturated rings. The standard InChI is InChI=1S/C33H39FN2O3/c1-23-11-16-29(22-30(23)26-17-19-36(20-18-26)32(38)39-33(2,3)4)35-31(37)10-5-7-24-12-14-25(15-13-24)27-8-6-9-28(34)21-27/h6,8-9,11-16,21-22,26H,5,7,10,17-20H2,1-4H3,(H,35,37). The predicted octanol–water partition coefficient (Wildman–Crippen LogP) is 7.88. The Morgan fingerprint density at radius 1 is 0.974 bits per heavy atom. The van der Waals surface area contributed by atoms with Gasteiger partial charge in [0.05, 0.1) is 0 Å². The van der Waals surface area contributed by atoms with Crippen LogP contribution >= 0.6 is 0 Å². The Bertz CT molecular complexity index is 1290. The number of aryl methyl sites for hydroxylation is 2. The van der Waals surface area contributed by atoms with Gasteiger partial charge in [0.1, 0.15) is 11.4 Å². The minimum atomic E-state index is -0.494. The van der Waals surface area contributed by atoms with E-state index in [-0.39, 0.29) is 17.8 Å². The molecule has 0 aromatic heterocycles. The average molecular weight is 531 g/mol. The molecule has 1 heterocycles. The highest BCUT2D eigenvalue weighted by Gasteiger charge is 2.28. The molecule has 206 valence electrons. The van der Waals surface area contributed by atoms with E-state index in [1.54, 1.807) is 11.0 Å². The summed E-state index contributed by atoms with van der Waals surface area (Å²) in [6.45, 7) is 9.08. The lowest BCUT2D eigenvalue weighted by Crippen LogP contribution is -2.41. The van der Waals surface area contributed by atoms with Crippen molar-refractivity contribution in [1.82, 2.24) is 4.90 Å². The molecule has 0 bridgehead atoms. The summed E-state index contributed by atoms with van der Waals surface area (Å²) < 4.78 is 19.0. The summed E-state index contributed by atoms with van der Waals surface area (Å²) in [6, 6.07) is 20.8. The van der Waals surface area contributed by atoms with Crippen molar-refractivity contribution in [1.29, 1.82) is 0 Å². The topological polar surface area (TPSA) is 58.6 Å². The van der Waals surface area contributed by atoms with E-state index >= 15 is 0 Å². The highest BCUT2D eigenvalue weighted by molar-refractivity contribution is 5.90. The first-order valence-corrected chi connectivity index (χ1v) is 13.8. The number of hydrogen-bond donors (Lipinski definition) is 1. The van der Waals surface area contributed by atoms with Crippen LogP contribution in [0.3, 0.4) is 0 Å². The number of halogens is 1. The maximum Gasteiger partial charge on any atom is 0.410 e. The van der Waals surface area contributed by atoms with Gasteiger partial charge in [-0.3, -0.25) is 4.79 Å². The zero-order valence-electron chi connectivity index (χ0n) is 23.4. The first-order chi connectivity index (χ1) is 18.6. The molecule has 1 aliphatic heterocycles. The van der Waals surface area contributed by atoms with Gasteiger partial charge in [-0.15, -0.1) is 0 Å². The van der Waals surface area contributed by atoms with Crippen LogP contribution in [-0.4, -0.2) is 35.6 Å². The molecule has 0 unspecified atom stereocenters. The van der Waals surface area contributed by atoms with E-state index in [1.165, 1.54) is 23.3 Å². The third-order valence-electron chi connectivity index (χ3n) is 7.13. The fourth-order valence-corrected chi connectivity index (χ4v) is 5.07. The largest absolute Gasteiger partial charge is 0.444 e. The van der Waals surface area contributed by atoms with Crippen LogP contribution in [0.25, 0.3) is 11.1 Å². The first kappa shape index (κ1) is 28.3. The molecule has 0 spiro atoms. The number of likely N-dealkylation sites (tertiary alicyclic amines) is 1. The molecule has 0 atom stereocenters. The molecular weight excluding hydrogens is 491 g/mol. The van der Waals surface area contributed by atoms with Gasteiger partial charge in [-0.25, -0.2) is 9.18 Å². The maximum atomic E-state index is 13.5. The number of hydrogen-bond acceptors (Lipinski definition) is 3. The molecule has 3 aromatic rings. The van der Waals surface area contributed by atoms with Crippen LogP contribution < -0.4 is 5.32 Å². The highest BCUT2D eigenvalue weighted by atomic mass is 19.1. The molecule has 1 saturated heterocycles. The number of amides is 2. The van der Waals surface area contributed by atoms with E-state index in [2.05, 4.69) is 24.4 Å². The minimum absolute atomic E-state index is 0.000860. The number of piperidine rings is 1. The van der Waals surface area contributed by atoms with Crippen molar-refractivity contribution in [2.24, 2.45) is 0 Å². The lowest BCUT2D eigenvalue weighted by molar-refractivity contribution is -0.116. The molecule has 1 aliphatic rings. The Kier molecular flexibility index (Phi) is 9.05. The van der Waals surface area contributed by atoms with Gasteiger partial charge in [-0.05, 0) is 111 Å². The van der Waals surface area contributed by atoms with E-state index in [9.17, 15) is 14.0 Å². The van der Waals surface area contributed by atoms with Crippen molar-refractivity contribution in [3.63, 3.8) is 0 Å². The van der Waals surface area contributed by atoms with Gasteiger partial charge in [-0.2, -0.15) is 0 Å². The van der Waals surface area contributed by atoms with Gasteiger partial charge < -0.3 is 15.0 Å². The number of carbonyl (C=O) groups is 2. The summed E-state index contributed by atoms with van der Waals surface area (Å²) in [6.07, 6.45) is 3.47. The van der Waals surface area contributed by atoms with Crippen molar-refractivity contribution < 1.29 is 18.7 Å². The number of nitrogens with one attached hydrogen (secondary N) is 1. The van der Waals surface area contributed by atoms with Crippen molar-refractivity contribution in [2.75, 3.05) is 18.4 Å². The predicted molar refractivity (Wildman–Crippen MR) is 154 cm³/mol. The zero-order valence-corrected chi connectivity index (χ0v) is 23.4. The SMILES string of the molecule is Cc1ccc(NC(=O)CCCc2ccc(-c3cccc(F)c3)cc2)cc1C1CCN(C(=O)OC(C)(C)C)CC1. The van der Waals surface area contributed by atoms with Crippen LogP contribution in [0.5, 0.6) is 0 Å². The second-order valence-corrected chi connectivity index (χ2v) is 11.4. The van der Waals surface area contributed by atoms with E-state index in [0.29, 0.717) is 25.4 Å². The van der Waals surface area contributed by atoms with Crippen molar-refractivity contribution >= 4 is 17.7 Å². The molecule has 4 rings (SSSR count). The van der Waals surface area contributed by atoms with E-state index in [0.717, 1.165) is 48.1 Å². The van der Waals surface area contributed by atoms with E-state index in [1.807, 2.05) is 57.2 Å². The third-order valence-corrected chi connectivity index (χ3v) is 7.13. The number of ether oxygens (including phenoxy) is 1. The van der Waals surface area contributed by atoms with Gasteiger partial charge in [0.25, 0.3) is 0 Å². The zero-order chi connectivity index (χ0) is 28.0. The van der Waals surface area contributed by atoms with Crippen LogP contribution in [0, 0.1) is 12.7 Å². The number of anilines is 1. The second-order valence-electron chi connectivity index (χ2n) is 11.4. The molecule has 5 nitrogen and oxygen atoms in total. The Labute approximate surface area is 231 Å². The summed E-state index contributed by atoms with van der Waals surface area (Å²) in [5, 5.41) is 3.06. The maximum absolute atomic E-state index is 13.5. The summed E-state index contributed by atoms with van der Waals surface area (Å²) in [4.78, 5) is 26.9. The van der Waals surface area contributed by atoms with Crippen LogP contribution in [0.4, 0.5) is 14.9 Å². The van der Waals surface area contributed by atoms with Gasteiger partial charge >= 0.3 is 6.09 Å². The van der Waals surface area contributed by atoms with Gasteiger partial charge in [-0.1, -0.05) is 42.5 Å². The summed E-state index contributed by atoms with van der Waals surface area (Å²) in [7, 11) is 0. The third kappa shape index (κ3) is 8.16. The quantitative estimate of drug-likeness (QED) is 0.338. The van der Waals surface area contributed by atoms with Crippen LogP contribution in [0.15, 0.2) is 66.7 Å². The van der Waals surface area contributed by atoms with Gasteiger partial charge in [0, 0.05) is 25.2 Å². The Morgan fingerprint density at radius 3 is 2.36 bits per heavy atom. The Balaban J connectivity index is 1.26. The van der Waals surface area contributed by atoms with Crippen molar-refractivity contribution in [3.05, 3.63) is 89.2 Å². The number of carbonyl (C=O) groups excluding carboxylic acids is 2. The summed E-state index contributed by atoms with van der Waals surface area (Å²) in [5.41, 5.74) is 5.73. The molecule has 6 heteroatoms. The number of nitrogens with zero attached hydrogens (tertiary/aromatic N) is 1.